The van der Waals surface area contributed by atoms with Gasteiger partial charge < -0.3 is 15.3 Å². The first-order chi connectivity index (χ1) is 11.7. The van der Waals surface area contributed by atoms with Crippen LogP contribution >= 0.6 is 0 Å². The van der Waals surface area contributed by atoms with Crippen molar-refractivity contribution in [2.45, 2.75) is 51.0 Å². The minimum absolute atomic E-state index is 0.304. The van der Waals surface area contributed by atoms with Crippen molar-refractivity contribution in [3.05, 3.63) is 41.5 Å². The second-order valence-corrected chi connectivity index (χ2v) is 6.94. The second kappa shape index (κ2) is 8.34. The van der Waals surface area contributed by atoms with Crippen molar-refractivity contribution in [2.75, 3.05) is 19.6 Å². The van der Waals surface area contributed by atoms with Gasteiger partial charge >= 0.3 is 0 Å². The lowest BCUT2D eigenvalue weighted by Crippen LogP contribution is -2.44. The van der Waals surface area contributed by atoms with Gasteiger partial charge in [0.25, 0.3) is 0 Å². The van der Waals surface area contributed by atoms with Gasteiger partial charge in [0, 0.05) is 25.6 Å². The molecule has 2 aliphatic rings. The standard InChI is InChI=1S/C20H28N2O2/c23-19-8-5-16(6-9-19)4-7-18-3-1-2-14-22(18)20(24)15-17-10-12-21-13-11-17/h5-6,8-10,18,21,23H,1-4,7,11-15H2. The van der Waals surface area contributed by atoms with E-state index >= 15 is 0 Å². The number of carbonyl (C=O) groups is 1. The van der Waals surface area contributed by atoms with Gasteiger partial charge in [0.15, 0.2) is 0 Å². The average molecular weight is 328 g/mol. The molecule has 1 amide bonds. The van der Waals surface area contributed by atoms with E-state index in [9.17, 15) is 9.90 Å². The number of hydrogen-bond donors (Lipinski definition) is 2. The molecule has 1 fully saturated rings. The molecule has 1 aromatic carbocycles. The molecule has 4 heteroatoms. The van der Waals surface area contributed by atoms with Crippen LogP contribution < -0.4 is 5.32 Å². The number of carbonyl (C=O) groups excluding carboxylic acids is 1. The van der Waals surface area contributed by atoms with Crippen LogP contribution in [-0.4, -0.2) is 41.6 Å². The molecule has 0 radical (unpaired) electrons. The first-order valence-corrected chi connectivity index (χ1v) is 9.18. The summed E-state index contributed by atoms with van der Waals surface area (Å²) in [4.78, 5) is 14.9. The molecule has 0 aliphatic carbocycles. The Hall–Kier alpha value is -1.81. The van der Waals surface area contributed by atoms with Crippen molar-refractivity contribution in [1.29, 1.82) is 0 Å². The molecule has 1 atom stereocenters. The molecule has 0 saturated carbocycles. The van der Waals surface area contributed by atoms with Gasteiger partial charge in [-0.1, -0.05) is 23.8 Å². The summed E-state index contributed by atoms with van der Waals surface area (Å²) in [5, 5.41) is 12.7. The highest BCUT2D eigenvalue weighted by molar-refractivity contribution is 5.79. The fraction of sp³-hybridized carbons (Fsp3) is 0.550. The highest BCUT2D eigenvalue weighted by Crippen LogP contribution is 2.24. The molecule has 1 aromatic rings. The number of hydrogen-bond acceptors (Lipinski definition) is 3. The van der Waals surface area contributed by atoms with Gasteiger partial charge in [-0.05, 0) is 62.8 Å². The van der Waals surface area contributed by atoms with E-state index in [4.69, 9.17) is 0 Å². The molecule has 1 saturated heterocycles. The molecular weight excluding hydrogens is 300 g/mol. The van der Waals surface area contributed by atoms with Gasteiger partial charge in [-0.25, -0.2) is 0 Å². The Morgan fingerprint density at radius 2 is 2.08 bits per heavy atom. The van der Waals surface area contributed by atoms with Crippen molar-refractivity contribution in [1.82, 2.24) is 10.2 Å². The van der Waals surface area contributed by atoms with Crippen LogP contribution in [0.25, 0.3) is 0 Å². The fourth-order valence-corrected chi connectivity index (χ4v) is 3.75. The van der Waals surface area contributed by atoms with Crippen LogP contribution in [0.2, 0.25) is 0 Å². The molecule has 3 rings (SSSR count). The van der Waals surface area contributed by atoms with Crippen molar-refractivity contribution < 1.29 is 9.90 Å². The Balaban J connectivity index is 1.57. The van der Waals surface area contributed by atoms with Crippen LogP contribution in [0.4, 0.5) is 0 Å². The van der Waals surface area contributed by atoms with Crippen LogP contribution in [0.1, 0.15) is 44.1 Å². The Bertz CT molecular complexity index is 580. The van der Waals surface area contributed by atoms with E-state index in [1.54, 1.807) is 12.1 Å². The molecule has 4 nitrogen and oxygen atoms in total. The third kappa shape index (κ3) is 4.60. The Morgan fingerprint density at radius 3 is 2.83 bits per heavy atom. The van der Waals surface area contributed by atoms with Gasteiger partial charge in [0.2, 0.25) is 5.91 Å². The van der Waals surface area contributed by atoms with E-state index in [1.165, 1.54) is 17.6 Å². The summed E-state index contributed by atoms with van der Waals surface area (Å²) in [6, 6.07) is 7.79. The highest BCUT2D eigenvalue weighted by Gasteiger charge is 2.26. The first-order valence-electron chi connectivity index (χ1n) is 9.18. The number of piperidine rings is 1. The smallest absolute Gasteiger partial charge is 0.226 e. The summed E-state index contributed by atoms with van der Waals surface area (Å²) < 4.78 is 0. The molecule has 130 valence electrons. The number of nitrogens with one attached hydrogen (secondary N) is 1. The maximum absolute atomic E-state index is 12.8. The Labute approximate surface area is 144 Å². The van der Waals surface area contributed by atoms with Crippen LogP contribution in [-0.2, 0) is 11.2 Å². The fourth-order valence-electron chi connectivity index (χ4n) is 3.75. The van der Waals surface area contributed by atoms with Crippen LogP contribution in [0, 0.1) is 0 Å². The molecule has 0 aromatic heterocycles. The number of aromatic hydroxyl groups is 1. The summed E-state index contributed by atoms with van der Waals surface area (Å²) in [5.41, 5.74) is 2.52. The summed E-state index contributed by atoms with van der Waals surface area (Å²) >= 11 is 0. The number of aryl methyl sites for hydroxylation is 1. The molecule has 2 aliphatic heterocycles. The van der Waals surface area contributed by atoms with E-state index in [0.29, 0.717) is 24.1 Å². The Kier molecular flexibility index (Phi) is 5.91. The van der Waals surface area contributed by atoms with E-state index in [1.807, 2.05) is 12.1 Å². The van der Waals surface area contributed by atoms with Crippen LogP contribution in [0.3, 0.4) is 0 Å². The number of nitrogens with zero attached hydrogens (tertiary/aromatic N) is 1. The van der Waals surface area contributed by atoms with Gasteiger partial charge in [-0.3, -0.25) is 4.79 Å². The van der Waals surface area contributed by atoms with Gasteiger partial charge in [0.1, 0.15) is 5.75 Å². The normalized spacial score (nSPS) is 21.4. The van der Waals surface area contributed by atoms with Gasteiger partial charge in [-0.15, -0.1) is 0 Å². The summed E-state index contributed by atoms with van der Waals surface area (Å²) in [6.45, 7) is 2.79. The number of amides is 1. The first kappa shape index (κ1) is 17.0. The number of phenols is 1. The Morgan fingerprint density at radius 1 is 1.25 bits per heavy atom. The maximum atomic E-state index is 12.8. The molecular formula is C20H28N2O2. The highest BCUT2D eigenvalue weighted by atomic mass is 16.3. The SMILES string of the molecule is O=C(CC1=CCNCC1)N1CCCCC1CCc1ccc(O)cc1. The monoisotopic (exact) mass is 328 g/mol. The molecule has 2 N–H and O–H groups in total. The predicted molar refractivity (Wildman–Crippen MR) is 96.0 cm³/mol. The lowest BCUT2D eigenvalue weighted by Gasteiger charge is -2.36. The zero-order valence-electron chi connectivity index (χ0n) is 14.3. The van der Waals surface area contributed by atoms with Gasteiger partial charge in [0.05, 0.1) is 0 Å². The number of phenolic OH excluding ortho intramolecular Hbond substituents is 1. The average Bonchev–Trinajstić information content (AvgIpc) is 2.62. The number of rotatable bonds is 5. The molecule has 24 heavy (non-hydrogen) atoms. The lowest BCUT2D eigenvalue weighted by atomic mass is 9.94. The van der Waals surface area contributed by atoms with Crippen molar-refractivity contribution in [3.63, 3.8) is 0 Å². The third-order valence-electron chi connectivity index (χ3n) is 5.19. The van der Waals surface area contributed by atoms with Crippen molar-refractivity contribution >= 4 is 5.91 Å². The van der Waals surface area contributed by atoms with Crippen molar-refractivity contribution in [2.24, 2.45) is 0 Å². The molecule has 1 unspecified atom stereocenters. The summed E-state index contributed by atoms with van der Waals surface area (Å²) in [5.74, 6) is 0.613. The predicted octanol–water partition coefficient (Wildman–Crippen LogP) is 3.02. The maximum Gasteiger partial charge on any atom is 0.226 e. The molecule has 0 spiro atoms. The zero-order chi connectivity index (χ0) is 16.8. The van der Waals surface area contributed by atoms with Crippen molar-refractivity contribution in [3.8, 4) is 5.75 Å². The number of likely N-dealkylation sites (tertiary alicyclic amines) is 1. The molecule has 2 heterocycles. The quantitative estimate of drug-likeness (QED) is 0.817. The summed E-state index contributed by atoms with van der Waals surface area (Å²) in [7, 11) is 0. The van der Waals surface area contributed by atoms with Crippen LogP contribution in [0.15, 0.2) is 35.9 Å². The second-order valence-electron chi connectivity index (χ2n) is 6.94. The largest absolute Gasteiger partial charge is 0.508 e. The molecule has 0 bridgehead atoms. The van der Waals surface area contributed by atoms with E-state index in [0.717, 1.165) is 51.7 Å². The van der Waals surface area contributed by atoms with Crippen LogP contribution in [0.5, 0.6) is 5.75 Å². The van der Waals surface area contributed by atoms with Gasteiger partial charge in [-0.2, -0.15) is 0 Å². The number of benzene rings is 1. The van der Waals surface area contributed by atoms with E-state index in [2.05, 4.69) is 16.3 Å². The van der Waals surface area contributed by atoms with E-state index in [-0.39, 0.29) is 0 Å². The van der Waals surface area contributed by atoms with E-state index < -0.39 is 0 Å². The third-order valence-corrected chi connectivity index (χ3v) is 5.19. The topological polar surface area (TPSA) is 52.6 Å². The minimum Gasteiger partial charge on any atom is -0.508 e. The summed E-state index contributed by atoms with van der Waals surface area (Å²) in [6.07, 6.45) is 9.20. The lowest BCUT2D eigenvalue weighted by molar-refractivity contribution is -0.134. The zero-order valence-corrected chi connectivity index (χ0v) is 14.3. The minimum atomic E-state index is 0.304.